The fraction of sp³-hybridized carbons (Fsp3) is 0.238. The van der Waals surface area contributed by atoms with Gasteiger partial charge >= 0.3 is 6.18 Å². The van der Waals surface area contributed by atoms with Gasteiger partial charge in [0.05, 0.1) is 4.90 Å². The Hall–Kier alpha value is -3.25. The second kappa shape index (κ2) is 8.94. The first-order chi connectivity index (χ1) is 15.6. The Morgan fingerprint density at radius 1 is 0.879 bits per heavy atom. The van der Waals surface area contributed by atoms with Crippen molar-refractivity contribution < 1.29 is 26.0 Å². The largest absolute Gasteiger partial charge is 0.433 e. The van der Waals surface area contributed by atoms with Crippen molar-refractivity contribution in [2.75, 3.05) is 36.4 Å². The molecule has 2 heterocycles. The lowest BCUT2D eigenvalue weighted by Gasteiger charge is -2.34. The van der Waals surface area contributed by atoms with Crippen molar-refractivity contribution in [2.24, 2.45) is 0 Å². The predicted octanol–water partition coefficient (Wildman–Crippen LogP) is 3.89. The molecule has 0 amide bonds. The number of nitrogens with one attached hydrogen (secondary N) is 1. The van der Waals surface area contributed by atoms with Gasteiger partial charge in [0.1, 0.15) is 11.6 Å². The highest BCUT2D eigenvalue weighted by atomic mass is 32.2. The van der Waals surface area contributed by atoms with Gasteiger partial charge in [0, 0.05) is 37.9 Å². The maximum Gasteiger partial charge on any atom is 0.433 e. The molecule has 0 bridgehead atoms. The smallest absolute Gasteiger partial charge is 0.340 e. The van der Waals surface area contributed by atoms with Crippen LogP contribution >= 0.6 is 0 Å². The number of hydrogen-bond donors (Lipinski definition) is 1. The van der Waals surface area contributed by atoms with Gasteiger partial charge in [-0.15, -0.1) is 0 Å². The van der Waals surface area contributed by atoms with E-state index in [0.29, 0.717) is 5.69 Å². The highest BCUT2D eigenvalue weighted by Gasteiger charge is 2.35. The highest BCUT2D eigenvalue weighted by molar-refractivity contribution is 7.89. The third kappa shape index (κ3) is 5.22. The van der Waals surface area contributed by atoms with E-state index in [4.69, 9.17) is 0 Å². The predicted molar refractivity (Wildman–Crippen MR) is 114 cm³/mol. The van der Waals surface area contributed by atoms with Crippen LogP contribution in [0.4, 0.5) is 35.0 Å². The summed E-state index contributed by atoms with van der Waals surface area (Å²) in [6.45, 7) is 0.363. The van der Waals surface area contributed by atoms with Crippen molar-refractivity contribution in [1.82, 2.24) is 14.3 Å². The van der Waals surface area contributed by atoms with Gasteiger partial charge in [0.15, 0.2) is 5.69 Å². The second-order valence-corrected chi connectivity index (χ2v) is 9.21. The lowest BCUT2D eigenvalue weighted by atomic mass is 10.3. The molecule has 33 heavy (non-hydrogen) atoms. The maximum atomic E-state index is 13.4. The Kier molecular flexibility index (Phi) is 6.21. The number of sulfonamides is 1. The molecule has 0 spiro atoms. The second-order valence-electron chi connectivity index (χ2n) is 7.27. The number of alkyl halides is 3. The molecule has 12 heteroatoms. The lowest BCUT2D eigenvalue weighted by molar-refractivity contribution is -0.141. The van der Waals surface area contributed by atoms with Crippen molar-refractivity contribution in [2.45, 2.75) is 11.1 Å². The van der Waals surface area contributed by atoms with Gasteiger partial charge < -0.3 is 10.2 Å². The standard InChI is InChI=1S/C21H19F4N5O2S/c22-15-6-8-16(9-7-15)26-19-14-18(21(23,24)25)27-20(28-19)29-10-12-30(13-11-29)33(31,32)17-4-2-1-3-5-17/h1-9,14H,10-13H2,(H,26,27,28). The summed E-state index contributed by atoms with van der Waals surface area (Å²) in [6.07, 6.45) is -4.71. The maximum absolute atomic E-state index is 13.4. The van der Waals surface area contributed by atoms with E-state index in [-0.39, 0.29) is 42.8 Å². The molecule has 0 aliphatic carbocycles. The fourth-order valence-electron chi connectivity index (χ4n) is 3.34. The quantitative estimate of drug-likeness (QED) is 0.558. The molecule has 1 aliphatic heterocycles. The minimum Gasteiger partial charge on any atom is -0.340 e. The molecule has 0 atom stereocenters. The monoisotopic (exact) mass is 481 g/mol. The van der Waals surface area contributed by atoms with Gasteiger partial charge in [-0.3, -0.25) is 0 Å². The molecule has 1 saturated heterocycles. The van der Waals surface area contributed by atoms with Crippen LogP contribution in [0.5, 0.6) is 0 Å². The van der Waals surface area contributed by atoms with Gasteiger partial charge in [-0.2, -0.15) is 22.5 Å². The third-order valence-electron chi connectivity index (χ3n) is 5.02. The van der Waals surface area contributed by atoms with Crippen LogP contribution in [0.25, 0.3) is 0 Å². The van der Waals surface area contributed by atoms with E-state index in [2.05, 4.69) is 15.3 Å². The summed E-state index contributed by atoms with van der Waals surface area (Å²) in [5.74, 6) is -0.771. The van der Waals surface area contributed by atoms with Crippen molar-refractivity contribution >= 4 is 27.5 Å². The summed E-state index contributed by atoms with van der Waals surface area (Å²) >= 11 is 0. The molecular formula is C21H19F4N5O2S. The zero-order chi connectivity index (χ0) is 23.6. The Labute approximate surface area is 187 Å². The lowest BCUT2D eigenvalue weighted by Crippen LogP contribution is -2.49. The summed E-state index contributed by atoms with van der Waals surface area (Å²) in [7, 11) is -3.71. The Balaban J connectivity index is 1.55. The van der Waals surface area contributed by atoms with Gasteiger partial charge in [0.2, 0.25) is 16.0 Å². The summed E-state index contributed by atoms with van der Waals surface area (Å²) < 4.78 is 80.3. The molecule has 1 fully saturated rings. The molecule has 4 rings (SSSR count). The number of nitrogens with zero attached hydrogens (tertiary/aromatic N) is 4. The highest BCUT2D eigenvalue weighted by Crippen LogP contribution is 2.31. The van der Waals surface area contributed by atoms with Gasteiger partial charge in [-0.05, 0) is 36.4 Å². The minimum atomic E-state index is -4.71. The van der Waals surface area contributed by atoms with E-state index in [1.807, 2.05) is 0 Å². The average molecular weight is 481 g/mol. The first-order valence-corrected chi connectivity index (χ1v) is 11.4. The molecule has 0 saturated carbocycles. The van der Waals surface area contributed by atoms with Gasteiger partial charge in [-0.1, -0.05) is 18.2 Å². The van der Waals surface area contributed by atoms with E-state index in [9.17, 15) is 26.0 Å². The number of halogens is 4. The molecule has 7 nitrogen and oxygen atoms in total. The van der Waals surface area contributed by atoms with Crippen molar-refractivity contribution in [3.8, 4) is 0 Å². The van der Waals surface area contributed by atoms with E-state index in [1.165, 1.54) is 45.6 Å². The summed E-state index contributed by atoms with van der Waals surface area (Å²) in [4.78, 5) is 9.48. The van der Waals surface area contributed by atoms with Crippen LogP contribution in [-0.4, -0.2) is 48.9 Å². The third-order valence-corrected chi connectivity index (χ3v) is 6.94. The topological polar surface area (TPSA) is 78.4 Å². The van der Waals surface area contributed by atoms with Crippen LogP contribution in [0.1, 0.15) is 5.69 Å². The van der Waals surface area contributed by atoms with Crippen LogP contribution in [0, 0.1) is 5.82 Å². The minimum absolute atomic E-state index is 0.0670. The number of hydrogen-bond acceptors (Lipinski definition) is 6. The fourth-order valence-corrected chi connectivity index (χ4v) is 4.78. The van der Waals surface area contributed by atoms with E-state index >= 15 is 0 Å². The first kappa shape index (κ1) is 22.9. The SMILES string of the molecule is O=S(=O)(c1ccccc1)N1CCN(c2nc(Nc3ccc(F)cc3)cc(C(F)(F)F)n2)CC1. The van der Waals surface area contributed by atoms with E-state index in [0.717, 1.165) is 6.07 Å². The summed E-state index contributed by atoms with van der Waals surface area (Å²) in [5.41, 5.74) is -0.788. The molecule has 0 radical (unpaired) electrons. The molecule has 1 N–H and O–H groups in total. The molecule has 174 valence electrons. The summed E-state index contributed by atoms with van der Waals surface area (Å²) in [6, 6.07) is 13.8. The number of rotatable bonds is 5. The zero-order valence-corrected chi connectivity index (χ0v) is 17.9. The Morgan fingerprint density at radius 2 is 1.52 bits per heavy atom. The number of aromatic nitrogens is 2. The van der Waals surface area contributed by atoms with Crippen molar-refractivity contribution in [3.05, 3.63) is 72.2 Å². The number of benzene rings is 2. The molecule has 1 aliphatic rings. The molecule has 2 aromatic carbocycles. The average Bonchev–Trinajstić information content (AvgIpc) is 2.80. The Bertz CT molecular complexity index is 1210. The van der Waals surface area contributed by atoms with Crippen LogP contribution in [0.15, 0.2) is 65.6 Å². The number of anilines is 3. The van der Waals surface area contributed by atoms with Crippen molar-refractivity contribution in [3.63, 3.8) is 0 Å². The van der Waals surface area contributed by atoms with Gasteiger partial charge in [-0.25, -0.2) is 17.8 Å². The zero-order valence-electron chi connectivity index (χ0n) is 17.1. The van der Waals surface area contributed by atoms with Crippen LogP contribution < -0.4 is 10.2 Å². The normalized spacial score (nSPS) is 15.5. The van der Waals surface area contributed by atoms with Crippen LogP contribution in [-0.2, 0) is 16.2 Å². The van der Waals surface area contributed by atoms with E-state index in [1.54, 1.807) is 18.2 Å². The summed E-state index contributed by atoms with van der Waals surface area (Å²) in [5, 5.41) is 2.73. The molecular weight excluding hydrogens is 462 g/mol. The number of piperazine rings is 1. The van der Waals surface area contributed by atoms with Crippen LogP contribution in [0.3, 0.4) is 0 Å². The molecule has 1 aromatic heterocycles. The van der Waals surface area contributed by atoms with E-state index < -0.39 is 27.7 Å². The molecule has 0 unspecified atom stereocenters. The van der Waals surface area contributed by atoms with Gasteiger partial charge in [0.25, 0.3) is 0 Å². The van der Waals surface area contributed by atoms with Crippen LogP contribution in [0.2, 0.25) is 0 Å². The molecule has 3 aromatic rings. The Morgan fingerprint density at radius 3 is 2.12 bits per heavy atom. The first-order valence-electron chi connectivity index (χ1n) is 9.92. The van der Waals surface area contributed by atoms with Crippen molar-refractivity contribution in [1.29, 1.82) is 0 Å².